The zero-order valence-electron chi connectivity index (χ0n) is 22.7. The summed E-state index contributed by atoms with van der Waals surface area (Å²) in [7, 11) is 0. The normalized spacial score (nSPS) is 19.4. The van der Waals surface area contributed by atoms with E-state index in [1.807, 2.05) is 44.2 Å². The van der Waals surface area contributed by atoms with Gasteiger partial charge in [0.15, 0.2) is 0 Å². The average Bonchev–Trinajstić information content (AvgIpc) is 2.80. The minimum absolute atomic E-state index is 0.0354. The summed E-state index contributed by atoms with van der Waals surface area (Å²) in [5.41, 5.74) is 0.124. The highest BCUT2D eigenvalue weighted by Gasteiger charge is 2.43. The van der Waals surface area contributed by atoms with Crippen molar-refractivity contribution in [1.29, 1.82) is 0 Å². The van der Waals surface area contributed by atoms with Crippen molar-refractivity contribution in [1.82, 2.24) is 15.5 Å². The molecule has 200 valence electrons. The molecule has 0 radical (unpaired) electrons. The largest absolute Gasteiger partial charge is 0.444 e. The minimum Gasteiger partial charge on any atom is -0.444 e. The number of nitrogens with one attached hydrogen (secondary N) is 2. The van der Waals surface area contributed by atoms with Crippen LogP contribution in [0.4, 0.5) is 4.79 Å². The van der Waals surface area contributed by atoms with Gasteiger partial charge in [0.25, 0.3) is 0 Å². The molecule has 0 bridgehead atoms. The van der Waals surface area contributed by atoms with Gasteiger partial charge in [0.05, 0.1) is 0 Å². The number of hydrogen-bond donors (Lipinski definition) is 2. The number of nitrogens with zero attached hydrogens (tertiary/aromatic N) is 1. The Hall–Kier alpha value is -2.57. The molecule has 3 atom stereocenters. The van der Waals surface area contributed by atoms with Gasteiger partial charge in [0.2, 0.25) is 11.8 Å². The van der Waals surface area contributed by atoms with Gasteiger partial charge in [-0.3, -0.25) is 9.59 Å². The van der Waals surface area contributed by atoms with Crippen LogP contribution in [0.25, 0.3) is 0 Å². The predicted molar refractivity (Wildman–Crippen MR) is 141 cm³/mol. The monoisotopic (exact) mass is 499 g/mol. The maximum atomic E-state index is 14.3. The van der Waals surface area contributed by atoms with E-state index in [4.69, 9.17) is 4.74 Å². The zero-order chi connectivity index (χ0) is 26.3. The predicted octanol–water partition coefficient (Wildman–Crippen LogP) is 5.50. The van der Waals surface area contributed by atoms with E-state index >= 15 is 0 Å². The van der Waals surface area contributed by atoms with Crippen molar-refractivity contribution in [2.24, 2.45) is 5.92 Å². The first-order chi connectivity index (χ1) is 17.1. The molecule has 1 aromatic carbocycles. The number of carbonyl (C=O) groups excluding carboxylic acids is 3. The van der Waals surface area contributed by atoms with Crippen LogP contribution in [0.15, 0.2) is 30.3 Å². The summed E-state index contributed by atoms with van der Waals surface area (Å²) in [5, 5.41) is 6.12. The molecule has 0 saturated heterocycles. The Labute approximate surface area is 216 Å². The molecule has 0 heterocycles. The molecular weight excluding hydrogens is 454 g/mol. The van der Waals surface area contributed by atoms with Crippen molar-refractivity contribution in [2.45, 2.75) is 122 Å². The highest BCUT2D eigenvalue weighted by atomic mass is 16.6. The van der Waals surface area contributed by atoms with E-state index in [2.05, 4.69) is 10.6 Å². The van der Waals surface area contributed by atoms with E-state index in [0.717, 1.165) is 50.5 Å². The fourth-order valence-corrected chi connectivity index (χ4v) is 5.06. The smallest absolute Gasteiger partial charge is 0.408 e. The van der Waals surface area contributed by atoms with Crippen molar-refractivity contribution in [2.75, 3.05) is 0 Å². The van der Waals surface area contributed by atoms with Crippen LogP contribution < -0.4 is 10.6 Å². The topological polar surface area (TPSA) is 87.7 Å². The third-order valence-corrected chi connectivity index (χ3v) is 7.47. The first-order valence-corrected chi connectivity index (χ1v) is 13.8. The lowest BCUT2D eigenvalue weighted by molar-refractivity contribution is -0.148. The summed E-state index contributed by atoms with van der Waals surface area (Å²) in [5.74, 6) is -0.466. The summed E-state index contributed by atoms with van der Waals surface area (Å²) >= 11 is 0. The number of rotatable bonds is 9. The van der Waals surface area contributed by atoms with E-state index in [1.54, 1.807) is 25.7 Å². The van der Waals surface area contributed by atoms with Gasteiger partial charge in [-0.2, -0.15) is 0 Å². The molecule has 36 heavy (non-hydrogen) atoms. The Bertz CT molecular complexity index is 872. The van der Waals surface area contributed by atoms with Gasteiger partial charge in [-0.05, 0) is 64.4 Å². The van der Waals surface area contributed by atoms with Crippen molar-refractivity contribution >= 4 is 17.9 Å². The van der Waals surface area contributed by atoms with Crippen molar-refractivity contribution < 1.29 is 19.1 Å². The standard InChI is InChI=1S/C29H45N3O4/c1-6-20(2)24(31-28(35)36-29(3,4)5)27(34)32(23-18-13-19-23)25(21-14-9-7-10-15-21)26(33)30-22-16-11-8-12-17-22/h7,9-10,14-15,20,22-25H,6,8,11-13,16-19H2,1-5H3,(H,30,33)(H,31,35). The molecule has 3 rings (SSSR count). The van der Waals surface area contributed by atoms with Crippen LogP contribution >= 0.6 is 0 Å². The van der Waals surface area contributed by atoms with Gasteiger partial charge in [-0.25, -0.2) is 4.79 Å². The van der Waals surface area contributed by atoms with Crippen molar-refractivity contribution in [3.63, 3.8) is 0 Å². The number of benzene rings is 1. The van der Waals surface area contributed by atoms with Crippen LogP contribution in [-0.2, 0) is 14.3 Å². The van der Waals surface area contributed by atoms with Gasteiger partial charge < -0.3 is 20.3 Å². The second-order valence-corrected chi connectivity index (χ2v) is 11.5. The highest BCUT2D eigenvalue weighted by Crippen LogP contribution is 2.35. The zero-order valence-corrected chi connectivity index (χ0v) is 22.7. The van der Waals surface area contributed by atoms with E-state index in [0.29, 0.717) is 6.42 Å². The maximum absolute atomic E-state index is 14.3. The fraction of sp³-hybridized carbons (Fsp3) is 0.690. The molecule has 2 aliphatic rings. The molecule has 7 heteroatoms. The Morgan fingerprint density at radius 2 is 1.64 bits per heavy atom. The number of amides is 3. The van der Waals surface area contributed by atoms with E-state index in [-0.39, 0.29) is 29.8 Å². The van der Waals surface area contributed by atoms with Crippen molar-refractivity contribution in [3.05, 3.63) is 35.9 Å². The summed E-state index contributed by atoms with van der Waals surface area (Å²) in [6, 6.07) is 8.16. The van der Waals surface area contributed by atoms with Crippen LogP contribution in [0.2, 0.25) is 0 Å². The van der Waals surface area contributed by atoms with Crippen LogP contribution in [0.3, 0.4) is 0 Å². The third-order valence-electron chi connectivity index (χ3n) is 7.47. The first kappa shape index (κ1) is 28.0. The summed E-state index contributed by atoms with van der Waals surface area (Å²) in [4.78, 5) is 42.6. The lowest BCUT2D eigenvalue weighted by atomic mass is 9.86. The van der Waals surface area contributed by atoms with Crippen molar-refractivity contribution in [3.8, 4) is 0 Å². The van der Waals surface area contributed by atoms with E-state index < -0.39 is 23.8 Å². The second kappa shape index (κ2) is 12.6. The number of alkyl carbamates (subject to hydrolysis) is 1. The van der Waals surface area contributed by atoms with Gasteiger partial charge in [0, 0.05) is 12.1 Å². The molecule has 2 fully saturated rings. The molecule has 2 saturated carbocycles. The molecule has 7 nitrogen and oxygen atoms in total. The molecule has 2 aliphatic carbocycles. The SMILES string of the molecule is CCC(C)C(NC(=O)OC(C)(C)C)C(=O)N(C1CCC1)C(C(=O)NC1CCCCC1)c1ccccc1. The minimum atomic E-state index is -0.779. The van der Waals surface area contributed by atoms with Gasteiger partial charge in [0.1, 0.15) is 17.7 Å². The maximum Gasteiger partial charge on any atom is 0.408 e. The lowest BCUT2D eigenvalue weighted by Gasteiger charge is -2.44. The van der Waals surface area contributed by atoms with Crippen LogP contribution in [0.5, 0.6) is 0 Å². The Morgan fingerprint density at radius 3 is 2.17 bits per heavy atom. The van der Waals surface area contributed by atoms with E-state index in [1.165, 1.54) is 6.42 Å². The van der Waals surface area contributed by atoms with Crippen LogP contribution in [0.1, 0.15) is 104 Å². The van der Waals surface area contributed by atoms with Gasteiger partial charge in [-0.1, -0.05) is 69.9 Å². The third kappa shape index (κ3) is 7.47. The molecule has 2 N–H and O–H groups in total. The number of ether oxygens (including phenoxy) is 1. The number of hydrogen-bond acceptors (Lipinski definition) is 4. The summed E-state index contributed by atoms with van der Waals surface area (Å²) in [6.07, 6.45) is 8.19. The quantitative estimate of drug-likeness (QED) is 0.470. The summed E-state index contributed by atoms with van der Waals surface area (Å²) in [6.45, 7) is 9.36. The molecule has 1 aromatic rings. The number of carbonyl (C=O) groups is 3. The Balaban J connectivity index is 1.94. The Kier molecular flexibility index (Phi) is 9.80. The van der Waals surface area contributed by atoms with Crippen LogP contribution in [0, 0.1) is 5.92 Å². The molecular formula is C29H45N3O4. The fourth-order valence-electron chi connectivity index (χ4n) is 5.06. The molecule has 3 amide bonds. The first-order valence-electron chi connectivity index (χ1n) is 13.8. The molecule has 0 aromatic heterocycles. The van der Waals surface area contributed by atoms with Crippen LogP contribution in [-0.4, -0.2) is 46.5 Å². The molecule has 0 spiro atoms. The highest BCUT2D eigenvalue weighted by molar-refractivity contribution is 5.92. The molecule has 0 aliphatic heterocycles. The van der Waals surface area contributed by atoms with Gasteiger partial charge in [-0.15, -0.1) is 0 Å². The second-order valence-electron chi connectivity index (χ2n) is 11.5. The Morgan fingerprint density at radius 1 is 1.00 bits per heavy atom. The van der Waals surface area contributed by atoms with E-state index in [9.17, 15) is 14.4 Å². The molecule has 3 unspecified atom stereocenters. The van der Waals surface area contributed by atoms with Gasteiger partial charge >= 0.3 is 6.09 Å². The average molecular weight is 500 g/mol. The summed E-state index contributed by atoms with van der Waals surface area (Å²) < 4.78 is 5.49. The lowest BCUT2D eigenvalue weighted by Crippen LogP contribution is -2.59.